The molecule has 23 heavy (non-hydrogen) atoms. The number of hydrogen-bond acceptors (Lipinski definition) is 3. The molecule has 2 heterocycles. The maximum absolute atomic E-state index is 12.6. The molecule has 0 unspecified atom stereocenters. The average Bonchev–Trinajstić information content (AvgIpc) is 2.88. The van der Waals surface area contributed by atoms with Crippen molar-refractivity contribution >= 4 is 11.6 Å². The molecule has 0 saturated carbocycles. The van der Waals surface area contributed by atoms with E-state index in [0.29, 0.717) is 17.9 Å². The largest absolute Gasteiger partial charge is 0.496 e. The number of carbonyl (C=O) groups is 1. The first kappa shape index (κ1) is 15.1. The summed E-state index contributed by atoms with van der Waals surface area (Å²) < 4.78 is 7.14. The highest BCUT2D eigenvalue weighted by atomic mass is 16.5. The molecule has 1 amide bonds. The van der Waals surface area contributed by atoms with Crippen LogP contribution in [-0.4, -0.2) is 22.4 Å². The fraction of sp³-hybridized carbons (Fsp3) is 0.222. The van der Waals surface area contributed by atoms with Gasteiger partial charge in [0.15, 0.2) is 0 Å². The number of carbonyl (C=O) groups excluding carboxylic acids is 1. The minimum absolute atomic E-state index is 0.147. The van der Waals surface area contributed by atoms with Crippen LogP contribution in [0.2, 0.25) is 0 Å². The van der Waals surface area contributed by atoms with Gasteiger partial charge in [-0.05, 0) is 31.5 Å². The van der Waals surface area contributed by atoms with Crippen LogP contribution in [0.1, 0.15) is 27.3 Å². The molecule has 2 aromatic heterocycles. The van der Waals surface area contributed by atoms with E-state index in [-0.39, 0.29) is 5.91 Å². The highest BCUT2D eigenvalue weighted by molar-refractivity contribution is 5.94. The summed E-state index contributed by atoms with van der Waals surface area (Å²) in [6, 6.07) is 11.5. The molecule has 0 spiro atoms. The maximum Gasteiger partial charge on any atom is 0.270 e. The SMILES string of the molecule is COc1ccccc1CNC(=O)c1c(C)nc2ccc(C)cn12. The van der Waals surface area contributed by atoms with E-state index in [1.165, 1.54) is 0 Å². The monoisotopic (exact) mass is 309 g/mol. The second-order valence-electron chi connectivity index (χ2n) is 5.47. The summed E-state index contributed by atoms with van der Waals surface area (Å²) in [5, 5.41) is 2.95. The van der Waals surface area contributed by atoms with Crippen molar-refractivity contribution in [3.8, 4) is 5.75 Å². The van der Waals surface area contributed by atoms with Crippen molar-refractivity contribution in [2.24, 2.45) is 0 Å². The smallest absolute Gasteiger partial charge is 0.270 e. The molecular formula is C18H19N3O2. The van der Waals surface area contributed by atoms with Crippen molar-refractivity contribution in [3.05, 3.63) is 65.1 Å². The summed E-state index contributed by atoms with van der Waals surface area (Å²) in [6.07, 6.45) is 1.92. The molecule has 5 heteroatoms. The summed E-state index contributed by atoms with van der Waals surface area (Å²) in [5.41, 5.74) is 4.07. The van der Waals surface area contributed by atoms with Crippen LogP contribution >= 0.6 is 0 Å². The number of rotatable bonds is 4. The van der Waals surface area contributed by atoms with Crippen LogP contribution in [0, 0.1) is 13.8 Å². The van der Waals surface area contributed by atoms with Crippen LogP contribution in [0.4, 0.5) is 0 Å². The number of aromatic nitrogens is 2. The van der Waals surface area contributed by atoms with Crippen molar-refractivity contribution in [2.45, 2.75) is 20.4 Å². The van der Waals surface area contributed by atoms with E-state index in [2.05, 4.69) is 10.3 Å². The van der Waals surface area contributed by atoms with Gasteiger partial charge in [0, 0.05) is 18.3 Å². The molecule has 118 valence electrons. The quantitative estimate of drug-likeness (QED) is 0.806. The Morgan fingerprint density at radius 3 is 2.78 bits per heavy atom. The van der Waals surface area contributed by atoms with Crippen molar-refractivity contribution in [1.29, 1.82) is 0 Å². The zero-order valence-electron chi connectivity index (χ0n) is 13.5. The van der Waals surface area contributed by atoms with Gasteiger partial charge in [-0.2, -0.15) is 0 Å². The molecule has 0 fully saturated rings. The molecule has 0 atom stereocenters. The first-order chi connectivity index (χ1) is 11.1. The van der Waals surface area contributed by atoms with Gasteiger partial charge in [-0.25, -0.2) is 4.98 Å². The Morgan fingerprint density at radius 1 is 1.22 bits per heavy atom. The molecule has 1 aromatic carbocycles. The molecule has 0 saturated heterocycles. The number of imidazole rings is 1. The minimum Gasteiger partial charge on any atom is -0.496 e. The Morgan fingerprint density at radius 2 is 2.00 bits per heavy atom. The third kappa shape index (κ3) is 2.90. The molecular weight excluding hydrogens is 290 g/mol. The van der Waals surface area contributed by atoms with Crippen LogP contribution < -0.4 is 10.1 Å². The Kier molecular flexibility index (Phi) is 4.02. The topological polar surface area (TPSA) is 55.6 Å². The summed E-state index contributed by atoms with van der Waals surface area (Å²) in [7, 11) is 1.62. The van der Waals surface area contributed by atoms with Gasteiger partial charge in [0.1, 0.15) is 17.1 Å². The Hall–Kier alpha value is -2.82. The van der Waals surface area contributed by atoms with Gasteiger partial charge in [0.2, 0.25) is 0 Å². The lowest BCUT2D eigenvalue weighted by Crippen LogP contribution is -2.25. The number of ether oxygens (including phenoxy) is 1. The van der Waals surface area contributed by atoms with Gasteiger partial charge in [0.05, 0.1) is 12.8 Å². The van der Waals surface area contributed by atoms with Crippen molar-refractivity contribution in [3.63, 3.8) is 0 Å². The number of pyridine rings is 1. The van der Waals surface area contributed by atoms with E-state index in [0.717, 1.165) is 22.5 Å². The van der Waals surface area contributed by atoms with Crippen molar-refractivity contribution < 1.29 is 9.53 Å². The van der Waals surface area contributed by atoms with Crippen LogP contribution in [0.25, 0.3) is 5.65 Å². The molecule has 3 rings (SSSR count). The fourth-order valence-electron chi connectivity index (χ4n) is 2.65. The Labute approximate surface area is 134 Å². The number of aryl methyl sites for hydroxylation is 2. The molecule has 3 aromatic rings. The highest BCUT2D eigenvalue weighted by Gasteiger charge is 2.16. The molecule has 0 radical (unpaired) electrons. The van der Waals surface area contributed by atoms with E-state index in [1.54, 1.807) is 7.11 Å². The van der Waals surface area contributed by atoms with Crippen molar-refractivity contribution in [1.82, 2.24) is 14.7 Å². The molecule has 0 bridgehead atoms. The van der Waals surface area contributed by atoms with Crippen LogP contribution in [-0.2, 0) is 6.54 Å². The van der Waals surface area contributed by atoms with E-state index in [9.17, 15) is 4.79 Å². The van der Waals surface area contributed by atoms with Crippen LogP contribution in [0.5, 0.6) is 5.75 Å². The lowest BCUT2D eigenvalue weighted by molar-refractivity contribution is 0.0944. The number of amides is 1. The lowest BCUT2D eigenvalue weighted by Gasteiger charge is -2.10. The Balaban J connectivity index is 1.86. The summed E-state index contributed by atoms with van der Waals surface area (Å²) in [4.78, 5) is 17.1. The van der Waals surface area contributed by atoms with Gasteiger partial charge in [-0.15, -0.1) is 0 Å². The van der Waals surface area contributed by atoms with E-state index in [4.69, 9.17) is 4.74 Å². The zero-order valence-corrected chi connectivity index (χ0v) is 13.5. The molecule has 5 nitrogen and oxygen atoms in total. The van der Waals surface area contributed by atoms with Crippen LogP contribution in [0.3, 0.4) is 0 Å². The number of nitrogens with one attached hydrogen (secondary N) is 1. The van der Waals surface area contributed by atoms with Crippen LogP contribution in [0.15, 0.2) is 42.6 Å². The molecule has 0 aliphatic carbocycles. The van der Waals surface area contributed by atoms with Gasteiger partial charge < -0.3 is 10.1 Å². The van der Waals surface area contributed by atoms with Gasteiger partial charge in [0.25, 0.3) is 5.91 Å². The number of methoxy groups -OCH3 is 1. The zero-order chi connectivity index (χ0) is 16.4. The van der Waals surface area contributed by atoms with Crippen molar-refractivity contribution in [2.75, 3.05) is 7.11 Å². The second-order valence-corrected chi connectivity index (χ2v) is 5.47. The van der Waals surface area contributed by atoms with E-state index in [1.807, 2.05) is 60.8 Å². The summed E-state index contributed by atoms with van der Waals surface area (Å²) in [5.74, 6) is 0.616. The van der Waals surface area contributed by atoms with E-state index >= 15 is 0 Å². The summed E-state index contributed by atoms with van der Waals surface area (Å²) >= 11 is 0. The Bertz CT molecular complexity index is 868. The minimum atomic E-state index is -0.147. The van der Waals surface area contributed by atoms with Gasteiger partial charge in [-0.1, -0.05) is 24.3 Å². The number of benzene rings is 1. The predicted molar refractivity (Wildman–Crippen MR) is 88.8 cm³/mol. The number of hydrogen-bond donors (Lipinski definition) is 1. The first-order valence-corrected chi connectivity index (χ1v) is 7.45. The first-order valence-electron chi connectivity index (χ1n) is 7.45. The maximum atomic E-state index is 12.6. The molecule has 1 N–H and O–H groups in total. The predicted octanol–water partition coefficient (Wildman–Crippen LogP) is 2.89. The van der Waals surface area contributed by atoms with Gasteiger partial charge >= 0.3 is 0 Å². The molecule has 0 aliphatic rings. The second kappa shape index (κ2) is 6.12. The highest BCUT2D eigenvalue weighted by Crippen LogP contribution is 2.18. The molecule has 0 aliphatic heterocycles. The fourth-order valence-corrected chi connectivity index (χ4v) is 2.65. The van der Waals surface area contributed by atoms with E-state index < -0.39 is 0 Å². The lowest BCUT2D eigenvalue weighted by atomic mass is 10.2. The number of para-hydroxylation sites is 1. The third-order valence-electron chi connectivity index (χ3n) is 3.79. The third-order valence-corrected chi connectivity index (χ3v) is 3.79. The normalized spacial score (nSPS) is 10.7. The van der Waals surface area contributed by atoms with Gasteiger partial charge in [-0.3, -0.25) is 9.20 Å². The average molecular weight is 309 g/mol. The number of fused-ring (bicyclic) bond motifs is 1. The standard InChI is InChI=1S/C18H19N3O2/c1-12-8-9-16-20-13(2)17(21(16)11-12)18(22)19-10-14-6-4-5-7-15(14)23-3/h4-9,11H,10H2,1-3H3,(H,19,22). The number of nitrogens with zero attached hydrogens (tertiary/aromatic N) is 2. The summed E-state index contributed by atoms with van der Waals surface area (Å²) in [6.45, 7) is 4.24.